The Hall–Kier alpha value is -1.50. The molecule has 146 valence electrons. The summed E-state index contributed by atoms with van der Waals surface area (Å²) in [7, 11) is 0. The molecule has 8 heteroatoms. The Morgan fingerprint density at radius 3 is 2.59 bits per heavy atom. The lowest BCUT2D eigenvalue weighted by molar-refractivity contribution is -0.141. The molecule has 0 saturated carbocycles. The van der Waals surface area contributed by atoms with E-state index >= 15 is 0 Å². The smallest absolute Gasteiger partial charge is 0.336 e. The fraction of sp³-hybridized carbons (Fsp3) is 0.421. The first-order valence-corrected chi connectivity index (χ1v) is 10.4. The van der Waals surface area contributed by atoms with Crippen molar-refractivity contribution in [2.24, 2.45) is 10.9 Å². The molecule has 2 unspecified atom stereocenters. The maximum absolute atomic E-state index is 12.8. The number of hydrogen-bond acceptors (Lipinski definition) is 5. The number of carbonyl (C=O) groups is 2. The first-order chi connectivity index (χ1) is 12.8. The molecule has 0 radical (unpaired) electrons. The molecule has 1 heterocycles. The fourth-order valence-corrected chi connectivity index (χ4v) is 4.15. The highest BCUT2D eigenvalue weighted by atomic mass is 35.5. The lowest BCUT2D eigenvalue weighted by atomic mass is 9.75. The SMILES string of the molecule is CCOC(=O)C1=C(CSCC)N=C(C)C(C(=O)O)C1c1cccc(Cl)c1Cl. The summed E-state index contributed by atoms with van der Waals surface area (Å²) in [6.45, 7) is 5.53. The van der Waals surface area contributed by atoms with Crippen LogP contribution in [-0.4, -0.2) is 40.9 Å². The van der Waals surface area contributed by atoms with Crippen molar-refractivity contribution in [1.82, 2.24) is 0 Å². The Labute approximate surface area is 172 Å². The lowest BCUT2D eigenvalue weighted by Crippen LogP contribution is -2.36. The highest BCUT2D eigenvalue weighted by Gasteiger charge is 2.43. The summed E-state index contributed by atoms with van der Waals surface area (Å²) in [5.41, 5.74) is 1.66. The number of aliphatic carboxylic acids is 1. The number of carbonyl (C=O) groups excluding carboxylic acids is 1. The Balaban J connectivity index is 2.75. The predicted octanol–water partition coefficient (Wildman–Crippen LogP) is 4.82. The molecule has 0 aromatic heterocycles. The average Bonchev–Trinajstić information content (AvgIpc) is 2.61. The minimum absolute atomic E-state index is 0.174. The van der Waals surface area contributed by atoms with Crippen LogP contribution in [0, 0.1) is 5.92 Å². The van der Waals surface area contributed by atoms with Crippen molar-refractivity contribution >= 4 is 52.6 Å². The van der Waals surface area contributed by atoms with Crippen LogP contribution < -0.4 is 0 Å². The molecule has 2 rings (SSSR count). The van der Waals surface area contributed by atoms with Crippen LogP contribution in [0.2, 0.25) is 10.0 Å². The number of carboxylic acids is 1. The molecule has 1 aliphatic rings. The molecule has 5 nitrogen and oxygen atoms in total. The van der Waals surface area contributed by atoms with E-state index in [1.165, 1.54) is 0 Å². The van der Waals surface area contributed by atoms with Crippen LogP contribution in [0.3, 0.4) is 0 Å². The van der Waals surface area contributed by atoms with Gasteiger partial charge in [0, 0.05) is 17.4 Å². The van der Waals surface area contributed by atoms with Crippen LogP contribution in [0.4, 0.5) is 0 Å². The third kappa shape index (κ3) is 4.68. The third-order valence-electron chi connectivity index (χ3n) is 4.24. The number of aliphatic imine (C=N–C) groups is 1. The first-order valence-electron chi connectivity index (χ1n) is 8.53. The molecule has 1 aromatic rings. The number of esters is 1. The van der Waals surface area contributed by atoms with E-state index in [1.54, 1.807) is 43.8 Å². The van der Waals surface area contributed by atoms with Gasteiger partial charge in [-0.15, -0.1) is 0 Å². The van der Waals surface area contributed by atoms with Gasteiger partial charge in [-0.3, -0.25) is 9.79 Å². The van der Waals surface area contributed by atoms with Crippen molar-refractivity contribution in [3.05, 3.63) is 45.1 Å². The molecule has 0 amide bonds. The van der Waals surface area contributed by atoms with Gasteiger partial charge in [-0.05, 0) is 31.2 Å². The summed E-state index contributed by atoms with van der Waals surface area (Å²) in [5, 5.41) is 10.4. The number of hydrogen-bond donors (Lipinski definition) is 1. The normalized spacial score (nSPS) is 19.7. The third-order valence-corrected chi connectivity index (χ3v) is 5.96. The first kappa shape index (κ1) is 21.8. The number of rotatable bonds is 7. The van der Waals surface area contributed by atoms with E-state index in [4.69, 9.17) is 27.9 Å². The zero-order chi connectivity index (χ0) is 20.1. The van der Waals surface area contributed by atoms with Crippen LogP contribution >= 0.6 is 35.0 Å². The number of carboxylic acid groups (broad SMARTS) is 1. The Kier molecular flexibility index (Phi) is 7.77. The zero-order valence-corrected chi connectivity index (χ0v) is 17.6. The minimum atomic E-state index is -1.08. The summed E-state index contributed by atoms with van der Waals surface area (Å²) >= 11 is 14.1. The van der Waals surface area contributed by atoms with E-state index in [0.717, 1.165) is 5.75 Å². The average molecular weight is 430 g/mol. The number of halogens is 2. The van der Waals surface area contributed by atoms with E-state index in [1.807, 2.05) is 6.92 Å². The summed E-state index contributed by atoms with van der Waals surface area (Å²) in [4.78, 5) is 29.3. The van der Waals surface area contributed by atoms with Crippen molar-refractivity contribution in [2.45, 2.75) is 26.7 Å². The van der Waals surface area contributed by atoms with Crippen LogP contribution in [0.5, 0.6) is 0 Å². The monoisotopic (exact) mass is 429 g/mol. The van der Waals surface area contributed by atoms with Crippen molar-refractivity contribution in [3.63, 3.8) is 0 Å². The molecule has 0 saturated heterocycles. The zero-order valence-electron chi connectivity index (χ0n) is 15.3. The van der Waals surface area contributed by atoms with Crippen LogP contribution in [0.1, 0.15) is 32.3 Å². The largest absolute Gasteiger partial charge is 0.481 e. The topological polar surface area (TPSA) is 76.0 Å². The van der Waals surface area contributed by atoms with E-state index in [9.17, 15) is 14.7 Å². The quantitative estimate of drug-likeness (QED) is 0.628. The van der Waals surface area contributed by atoms with E-state index < -0.39 is 23.8 Å². The highest BCUT2D eigenvalue weighted by Crippen LogP contribution is 2.44. The molecule has 0 fully saturated rings. The lowest BCUT2D eigenvalue weighted by Gasteiger charge is -2.31. The van der Waals surface area contributed by atoms with Crippen LogP contribution in [0.25, 0.3) is 0 Å². The molecule has 1 N–H and O–H groups in total. The van der Waals surface area contributed by atoms with Gasteiger partial charge in [0.2, 0.25) is 0 Å². The molecule has 0 spiro atoms. The summed E-state index contributed by atoms with van der Waals surface area (Å²) in [6, 6.07) is 5.00. The Morgan fingerprint density at radius 1 is 1.30 bits per heavy atom. The van der Waals surface area contributed by atoms with Crippen molar-refractivity contribution in [2.75, 3.05) is 18.1 Å². The van der Waals surface area contributed by atoms with E-state index in [0.29, 0.717) is 27.7 Å². The summed E-state index contributed by atoms with van der Waals surface area (Å²) in [6.07, 6.45) is 0. The standard InChI is InChI=1S/C19H21Cl2NO4S/c1-4-26-19(25)16-13(9-27-5-2)22-10(3)14(18(23)24)15(16)11-7-6-8-12(20)17(11)21/h6-8,14-15H,4-5,9H2,1-3H3,(H,23,24). The second kappa shape index (κ2) is 9.62. The van der Waals surface area contributed by atoms with Gasteiger partial charge in [0.25, 0.3) is 0 Å². The molecule has 1 aliphatic heterocycles. The summed E-state index contributed by atoms with van der Waals surface area (Å²) in [5.74, 6) is -2.20. The molecule has 0 aliphatic carbocycles. The fourth-order valence-electron chi connectivity index (χ4n) is 3.11. The minimum Gasteiger partial charge on any atom is -0.481 e. The second-order valence-electron chi connectivity index (χ2n) is 5.91. The van der Waals surface area contributed by atoms with Crippen molar-refractivity contribution < 1.29 is 19.4 Å². The van der Waals surface area contributed by atoms with Gasteiger partial charge < -0.3 is 9.84 Å². The second-order valence-corrected chi connectivity index (χ2v) is 7.97. The maximum atomic E-state index is 12.8. The van der Waals surface area contributed by atoms with E-state index in [-0.39, 0.29) is 17.2 Å². The van der Waals surface area contributed by atoms with E-state index in [2.05, 4.69) is 4.99 Å². The number of ether oxygens (including phenoxy) is 1. The molecular weight excluding hydrogens is 409 g/mol. The Morgan fingerprint density at radius 2 is 2.00 bits per heavy atom. The predicted molar refractivity (Wildman–Crippen MR) is 110 cm³/mol. The maximum Gasteiger partial charge on any atom is 0.336 e. The number of benzene rings is 1. The van der Waals surface area contributed by atoms with Crippen LogP contribution in [-0.2, 0) is 14.3 Å². The van der Waals surface area contributed by atoms with Gasteiger partial charge in [0.05, 0.1) is 27.9 Å². The molecular formula is C19H21Cl2NO4S. The van der Waals surface area contributed by atoms with Gasteiger partial charge in [-0.25, -0.2) is 4.79 Å². The van der Waals surface area contributed by atoms with Crippen molar-refractivity contribution in [1.29, 1.82) is 0 Å². The van der Waals surface area contributed by atoms with Crippen LogP contribution in [0.15, 0.2) is 34.5 Å². The molecule has 1 aromatic carbocycles. The van der Waals surface area contributed by atoms with Gasteiger partial charge in [-0.1, -0.05) is 42.3 Å². The molecule has 0 bridgehead atoms. The van der Waals surface area contributed by atoms with Gasteiger partial charge in [-0.2, -0.15) is 11.8 Å². The number of thioether (sulfide) groups is 1. The van der Waals surface area contributed by atoms with Gasteiger partial charge in [0.15, 0.2) is 0 Å². The van der Waals surface area contributed by atoms with Gasteiger partial charge in [0.1, 0.15) is 5.92 Å². The summed E-state index contributed by atoms with van der Waals surface area (Å²) < 4.78 is 5.23. The molecule has 27 heavy (non-hydrogen) atoms. The highest BCUT2D eigenvalue weighted by molar-refractivity contribution is 7.99. The Bertz CT molecular complexity index is 807. The number of nitrogens with zero attached hydrogens (tertiary/aromatic N) is 1. The van der Waals surface area contributed by atoms with Gasteiger partial charge >= 0.3 is 11.9 Å². The van der Waals surface area contributed by atoms with Crippen molar-refractivity contribution in [3.8, 4) is 0 Å². The molecule has 2 atom stereocenters.